The van der Waals surface area contributed by atoms with Crippen LogP contribution in [-0.4, -0.2) is 22.2 Å². The second-order valence-electron chi connectivity index (χ2n) is 4.57. The van der Waals surface area contributed by atoms with Gasteiger partial charge in [0, 0.05) is 18.3 Å². The number of hydrogen-bond donors (Lipinski definition) is 1. The highest BCUT2D eigenvalue weighted by Gasteiger charge is 2.14. The van der Waals surface area contributed by atoms with E-state index in [0.717, 1.165) is 41.3 Å². The van der Waals surface area contributed by atoms with Crippen LogP contribution in [0, 0.1) is 0 Å². The van der Waals surface area contributed by atoms with Crippen LogP contribution in [0.15, 0.2) is 24.3 Å². The molecular formula is C14H16N4. The molecule has 4 heteroatoms. The molecule has 1 aliphatic rings. The fourth-order valence-electron chi connectivity index (χ4n) is 2.30. The van der Waals surface area contributed by atoms with Gasteiger partial charge in [0.05, 0.1) is 11.4 Å². The van der Waals surface area contributed by atoms with E-state index in [2.05, 4.69) is 20.5 Å². The molecule has 0 amide bonds. The van der Waals surface area contributed by atoms with Gasteiger partial charge < -0.3 is 5.32 Å². The smallest absolute Gasteiger partial charge is 0.182 e. The number of rotatable bonds is 2. The molecule has 1 heterocycles. The molecule has 0 fully saturated rings. The molecule has 0 saturated heterocycles. The molecule has 1 aromatic carbocycles. The molecule has 4 nitrogen and oxygen atoms in total. The normalized spacial score (nSPS) is 14.1. The van der Waals surface area contributed by atoms with Crippen molar-refractivity contribution in [2.75, 3.05) is 12.4 Å². The lowest BCUT2D eigenvalue weighted by molar-refractivity contribution is 0.634. The maximum Gasteiger partial charge on any atom is 0.182 e. The Bertz CT molecular complexity index is 565. The Kier molecular flexibility index (Phi) is 2.92. The first-order chi connectivity index (χ1) is 8.86. The summed E-state index contributed by atoms with van der Waals surface area (Å²) in [6, 6.07) is 8.10. The van der Waals surface area contributed by atoms with Crippen LogP contribution in [0.5, 0.6) is 0 Å². The van der Waals surface area contributed by atoms with E-state index in [1.54, 1.807) is 0 Å². The maximum absolute atomic E-state index is 4.66. The summed E-state index contributed by atoms with van der Waals surface area (Å²) >= 11 is 0. The fraction of sp³-hybridized carbons (Fsp3) is 0.357. The number of fused-ring (bicyclic) bond motifs is 1. The Morgan fingerprint density at radius 1 is 1.06 bits per heavy atom. The van der Waals surface area contributed by atoms with Gasteiger partial charge in [-0.05, 0) is 37.8 Å². The Labute approximate surface area is 106 Å². The molecule has 92 valence electrons. The zero-order valence-corrected chi connectivity index (χ0v) is 10.5. The van der Waals surface area contributed by atoms with Crippen LogP contribution in [0.2, 0.25) is 0 Å². The van der Waals surface area contributed by atoms with Crippen LogP contribution < -0.4 is 5.32 Å². The van der Waals surface area contributed by atoms with Crippen molar-refractivity contribution in [1.82, 2.24) is 15.2 Å². The summed E-state index contributed by atoms with van der Waals surface area (Å²) in [7, 11) is 1.91. The van der Waals surface area contributed by atoms with Crippen molar-refractivity contribution in [1.29, 1.82) is 0 Å². The van der Waals surface area contributed by atoms with Crippen LogP contribution >= 0.6 is 0 Å². The highest BCUT2D eigenvalue weighted by molar-refractivity contribution is 5.62. The number of nitrogens with one attached hydrogen (secondary N) is 1. The summed E-state index contributed by atoms with van der Waals surface area (Å²) in [6.07, 6.45) is 4.47. The lowest BCUT2D eigenvalue weighted by Gasteiger charge is -2.13. The van der Waals surface area contributed by atoms with Gasteiger partial charge in [-0.3, -0.25) is 0 Å². The summed E-state index contributed by atoms with van der Waals surface area (Å²) in [5, 5.41) is 11.7. The first kappa shape index (κ1) is 11.1. The molecule has 18 heavy (non-hydrogen) atoms. The zero-order valence-electron chi connectivity index (χ0n) is 10.5. The van der Waals surface area contributed by atoms with E-state index in [0.29, 0.717) is 0 Å². The molecule has 0 bridgehead atoms. The Hall–Kier alpha value is -1.97. The number of benzene rings is 1. The number of aromatic nitrogens is 3. The van der Waals surface area contributed by atoms with Crippen LogP contribution in [0.25, 0.3) is 11.4 Å². The summed E-state index contributed by atoms with van der Waals surface area (Å²) < 4.78 is 0. The topological polar surface area (TPSA) is 50.7 Å². The van der Waals surface area contributed by atoms with E-state index < -0.39 is 0 Å². The van der Waals surface area contributed by atoms with Crippen molar-refractivity contribution in [2.24, 2.45) is 0 Å². The van der Waals surface area contributed by atoms with Crippen LogP contribution in [0.3, 0.4) is 0 Å². The predicted octanol–water partition coefficient (Wildman–Crippen LogP) is 2.46. The van der Waals surface area contributed by atoms with E-state index >= 15 is 0 Å². The van der Waals surface area contributed by atoms with Crippen molar-refractivity contribution >= 4 is 5.69 Å². The molecule has 0 aliphatic heterocycles. The van der Waals surface area contributed by atoms with Gasteiger partial charge in [-0.1, -0.05) is 12.1 Å². The highest BCUT2D eigenvalue weighted by atomic mass is 15.2. The van der Waals surface area contributed by atoms with Gasteiger partial charge in [0.15, 0.2) is 5.82 Å². The van der Waals surface area contributed by atoms with Crippen molar-refractivity contribution in [2.45, 2.75) is 25.7 Å². The molecule has 0 radical (unpaired) electrons. The van der Waals surface area contributed by atoms with Gasteiger partial charge in [-0.2, -0.15) is 5.10 Å². The number of hydrogen-bond acceptors (Lipinski definition) is 4. The van der Waals surface area contributed by atoms with Gasteiger partial charge >= 0.3 is 0 Å². The van der Waals surface area contributed by atoms with Crippen LogP contribution in [0.1, 0.15) is 24.2 Å². The van der Waals surface area contributed by atoms with E-state index in [9.17, 15) is 0 Å². The standard InChI is InChI=1S/C14H16N4/c1-15-11-6-4-5-10(9-11)14-16-12-7-2-3-8-13(12)17-18-14/h4-6,9,15H,2-3,7-8H2,1H3. The van der Waals surface area contributed by atoms with E-state index in [4.69, 9.17) is 0 Å². The monoisotopic (exact) mass is 240 g/mol. The molecule has 0 saturated carbocycles. The molecule has 3 rings (SSSR count). The average Bonchev–Trinajstić information content (AvgIpc) is 2.47. The first-order valence-corrected chi connectivity index (χ1v) is 6.37. The average molecular weight is 240 g/mol. The Morgan fingerprint density at radius 3 is 2.72 bits per heavy atom. The number of anilines is 1. The molecule has 1 aliphatic carbocycles. The van der Waals surface area contributed by atoms with Gasteiger partial charge in [-0.15, -0.1) is 5.10 Å². The fourth-order valence-corrected chi connectivity index (χ4v) is 2.30. The lowest BCUT2D eigenvalue weighted by Crippen LogP contribution is -2.10. The van der Waals surface area contributed by atoms with Crippen molar-refractivity contribution < 1.29 is 0 Å². The second-order valence-corrected chi connectivity index (χ2v) is 4.57. The highest BCUT2D eigenvalue weighted by Crippen LogP contribution is 2.22. The summed E-state index contributed by atoms with van der Waals surface area (Å²) in [5.41, 5.74) is 4.28. The molecular weight excluding hydrogens is 224 g/mol. The maximum atomic E-state index is 4.66. The summed E-state index contributed by atoms with van der Waals surface area (Å²) in [6.45, 7) is 0. The third-order valence-corrected chi connectivity index (χ3v) is 3.33. The van der Waals surface area contributed by atoms with Crippen molar-refractivity contribution in [3.8, 4) is 11.4 Å². The third kappa shape index (κ3) is 2.06. The summed E-state index contributed by atoms with van der Waals surface area (Å²) in [5.74, 6) is 0.729. The SMILES string of the molecule is CNc1cccc(-c2nnc3c(n2)CCCC3)c1. The quantitative estimate of drug-likeness (QED) is 0.876. The van der Waals surface area contributed by atoms with E-state index in [-0.39, 0.29) is 0 Å². The lowest BCUT2D eigenvalue weighted by atomic mass is 10.0. The van der Waals surface area contributed by atoms with Crippen molar-refractivity contribution in [3.63, 3.8) is 0 Å². The number of aryl methyl sites for hydroxylation is 2. The van der Waals surface area contributed by atoms with E-state index in [1.165, 1.54) is 12.8 Å². The molecule has 2 aromatic rings. The minimum atomic E-state index is 0.729. The van der Waals surface area contributed by atoms with E-state index in [1.807, 2.05) is 31.3 Å². The Morgan fingerprint density at radius 2 is 1.89 bits per heavy atom. The minimum Gasteiger partial charge on any atom is -0.388 e. The zero-order chi connectivity index (χ0) is 12.4. The van der Waals surface area contributed by atoms with Crippen LogP contribution in [0.4, 0.5) is 5.69 Å². The predicted molar refractivity (Wildman–Crippen MR) is 71.5 cm³/mol. The van der Waals surface area contributed by atoms with Gasteiger partial charge in [0.25, 0.3) is 0 Å². The third-order valence-electron chi connectivity index (χ3n) is 3.33. The van der Waals surface area contributed by atoms with Crippen LogP contribution in [-0.2, 0) is 12.8 Å². The Balaban J connectivity index is 2.00. The molecule has 0 spiro atoms. The first-order valence-electron chi connectivity index (χ1n) is 6.37. The molecule has 1 aromatic heterocycles. The molecule has 0 atom stereocenters. The van der Waals surface area contributed by atoms with Crippen molar-refractivity contribution in [3.05, 3.63) is 35.7 Å². The van der Waals surface area contributed by atoms with Gasteiger partial charge in [0.1, 0.15) is 0 Å². The van der Waals surface area contributed by atoms with Gasteiger partial charge in [-0.25, -0.2) is 4.98 Å². The summed E-state index contributed by atoms with van der Waals surface area (Å²) in [4.78, 5) is 4.66. The largest absolute Gasteiger partial charge is 0.388 e. The number of nitrogens with zero attached hydrogens (tertiary/aromatic N) is 3. The minimum absolute atomic E-state index is 0.729. The van der Waals surface area contributed by atoms with Gasteiger partial charge in [0.2, 0.25) is 0 Å². The molecule has 0 unspecified atom stereocenters. The second kappa shape index (κ2) is 4.72. The molecule has 1 N–H and O–H groups in total.